The minimum absolute atomic E-state index is 0.0936. The molecule has 1 saturated heterocycles. The molecule has 3 N–H and O–H groups in total. The Labute approximate surface area is 137 Å². The van der Waals surface area contributed by atoms with Crippen LogP contribution < -0.4 is 15.8 Å². The van der Waals surface area contributed by atoms with E-state index < -0.39 is 5.54 Å². The van der Waals surface area contributed by atoms with Gasteiger partial charge in [0.15, 0.2) is 0 Å². The third-order valence-electron chi connectivity index (χ3n) is 4.03. The first-order valence-corrected chi connectivity index (χ1v) is 7.95. The molecule has 1 heterocycles. The molecule has 1 aromatic carbocycles. The lowest BCUT2D eigenvalue weighted by Gasteiger charge is -2.35. The first kappa shape index (κ1) is 17.7. The summed E-state index contributed by atoms with van der Waals surface area (Å²) in [5.74, 6) is 0.672. The Bertz CT molecular complexity index is 505. The fraction of sp³-hybridized carbons (Fsp3) is 0.588. The van der Waals surface area contributed by atoms with Crippen LogP contribution in [0.2, 0.25) is 0 Å². The number of carbonyl (C=O) groups is 1. The zero-order chi connectivity index (χ0) is 16.9. The normalized spacial score (nSPS) is 17.6. The van der Waals surface area contributed by atoms with Crippen molar-refractivity contribution in [3.05, 3.63) is 29.8 Å². The fourth-order valence-corrected chi connectivity index (χ4v) is 2.59. The van der Waals surface area contributed by atoms with Crippen LogP contribution in [-0.4, -0.2) is 56.3 Å². The average molecular weight is 321 g/mol. The van der Waals surface area contributed by atoms with Crippen LogP contribution in [0.1, 0.15) is 25.5 Å². The van der Waals surface area contributed by atoms with Gasteiger partial charge in [0.2, 0.25) is 5.91 Å². The zero-order valence-corrected chi connectivity index (χ0v) is 14.2. The van der Waals surface area contributed by atoms with E-state index in [-0.39, 0.29) is 11.9 Å². The molecule has 1 unspecified atom stereocenters. The molecule has 1 atom stereocenters. The summed E-state index contributed by atoms with van der Waals surface area (Å²) in [5, 5.41) is 2.97. The SMILES string of the molecule is COc1ccc(C(CNC(=O)C(C)(C)N)N2CCOCC2)cc1. The molecule has 128 valence electrons. The Kier molecular flexibility index (Phi) is 5.98. The molecule has 1 aromatic rings. The van der Waals surface area contributed by atoms with Gasteiger partial charge in [-0.2, -0.15) is 0 Å². The molecule has 1 aliphatic rings. The van der Waals surface area contributed by atoms with E-state index in [2.05, 4.69) is 10.2 Å². The highest BCUT2D eigenvalue weighted by atomic mass is 16.5. The van der Waals surface area contributed by atoms with Gasteiger partial charge in [0.1, 0.15) is 5.75 Å². The van der Waals surface area contributed by atoms with Crippen LogP contribution in [0.4, 0.5) is 0 Å². The minimum Gasteiger partial charge on any atom is -0.497 e. The predicted octanol–water partition coefficient (Wildman–Crippen LogP) is 0.922. The predicted molar refractivity (Wildman–Crippen MR) is 89.4 cm³/mol. The number of hydrogen-bond donors (Lipinski definition) is 2. The third kappa shape index (κ3) is 4.92. The minimum atomic E-state index is -0.879. The molecule has 6 nitrogen and oxygen atoms in total. The van der Waals surface area contributed by atoms with E-state index in [9.17, 15) is 4.79 Å². The highest BCUT2D eigenvalue weighted by Crippen LogP contribution is 2.23. The molecule has 0 bridgehead atoms. The number of nitrogens with one attached hydrogen (secondary N) is 1. The van der Waals surface area contributed by atoms with E-state index in [1.54, 1.807) is 21.0 Å². The molecule has 0 spiro atoms. The smallest absolute Gasteiger partial charge is 0.239 e. The van der Waals surface area contributed by atoms with Gasteiger partial charge in [-0.05, 0) is 31.5 Å². The van der Waals surface area contributed by atoms with Gasteiger partial charge in [-0.15, -0.1) is 0 Å². The molecule has 6 heteroatoms. The molecular weight excluding hydrogens is 294 g/mol. The zero-order valence-electron chi connectivity index (χ0n) is 14.2. The summed E-state index contributed by atoms with van der Waals surface area (Å²) < 4.78 is 10.7. The van der Waals surface area contributed by atoms with Crippen LogP contribution in [0.15, 0.2) is 24.3 Å². The van der Waals surface area contributed by atoms with Crippen molar-refractivity contribution in [1.82, 2.24) is 10.2 Å². The monoisotopic (exact) mass is 321 g/mol. The van der Waals surface area contributed by atoms with Gasteiger partial charge in [-0.25, -0.2) is 0 Å². The lowest BCUT2D eigenvalue weighted by atomic mass is 10.0. The summed E-state index contributed by atoms with van der Waals surface area (Å²) in [6.07, 6.45) is 0. The number of hydrogen-bond acceptors (Lipinski definition) is 5. The van der Waals surface area contributed by atoms with Crippen molar-refractivity contribution >= 4 is 5.91 Å². The molecule has 23 heavy (non-hydrogen) atoms. The number of nitrogens with two attached hydrogens (primary N) is 1. The number of nitrogens with zero attached hydrogens (tertiary/aromatic N) is 1. The number of benzene rings is 1. The molecular formula is C17H27N3O3. The molecule has 1 aliphatic heterocycles. The van der Waals surface area contributed by atoms with Crippen molar-refractivity contribution in [3.63, 3.8) is 0 Å². The van der Waals surface area contributed by atoms with Gasteiger partial charge in [-0.1, -0.05) is 12.1 Å². The second kappa shape index (κ2) is 7.77. The molecule has 0 aromatic heterocycles. The Hall–Kier alpha value is -1.63. The second-order valence-corrected chi connectivity index (χ2v) is 6.37. The number of ether oxygens (including phenoxy) is 2. The molecule has 2 rings (SSSR count). The highest BCUT2D eigenvalue weighted by molar-refractivity contribution is 5.85. The van der Waals surface area contributed by atoms with Crippen molar-refractivity contribution in [2.24, 2.45) is 5.73 Å². The molecule has 0 aliphatic carbocycles. The molecule has 1 amide bonds. The van der Waals surface area contributed by atoms with Crippen molar-refractivity contribution in [2.45, 2.75) is 25.4 Å². The van der Waals surface area contributed by atoms with E-state index in [0.717, 1.165) is 24.4 Å². The maximum absolute atomic E-state index is 12.1. The van der Waals surface area contributed by atoms with Gasteiger partial charge >= 0.3 is 0 Å². The molecule has 1 fully saturated rings. The summed E-state index contributed by atoms with van der Waals surface area (Å²) in [7, 11) is 1.65. The summed E-state index contributed by atoms with van der Waals surface area (Å²) in [6.45, 7) is 7.05. The first-order valence-electron chi connectivity index (χ1n) is 7.95. The van der Waals surface area contributed by atoms with Crippen molar-refractivity contribution < 1.29 is 14.3 Å². The maximum Gasteiger partial charge on any atom is 0.239 e. The summed E-state index contributed by atoms with van der Waals surface area (Å²) >= 11 is 0. The lowest BCUT2D eigenvalue weighted by Crippen LogP contribution is -2.51. The van der Waals surface area contributed by atoms with Gasteiger partial charge in [0.25, 0.3) is 0 Å². The van der Waals surface area contributed by atoms with Gasteiger partial charge < -0.3 is 20.5 Å². The fourth-order valence-electron chi connectivity index (χ4n) is 2.59. The number of amides is 1. The Morgan fingerprint density at radius 1 is 1.35 bits per heavy atom. The van der Waals surface area contributed by atoms with E-state index in [1.165, 1.54) is 0 Å². The van der Waals surface area contributed by atoms with Crippen LogP contribution in [0, 0.1) is 0 Å². The number of rotatable bonds is 6. The number of methoxy groups -OCH3 is 1. The Morgan fingerprint density at radius 2 is 1.96 bits per heavy atom. The van der Waals surface area contributed by atoms with Gasteiger partial charge in [0, 0.05) is 19.6 Å². The van der Waals surface area contributed by atoms with Crippen LogP contribution in [0.5, 0.6) is 5.75 Å². The lowest BCUT2D eigenvalue weighted by molar-refractivity contribution is -0.125. The van der Waals surface area contributed by atoms with E-state index in [4.69, 9.17) is 15.2 Å². The van der Waals surface area contributed by atoms with E-state index in [0.29, 0.717) is 19.8 Å². The molecule has 0 saturated carbocycles. The molecule has 0 radical (unpaired) electrons. The number of carbonyl (C=O) groups excluding carboxylic acids is 1. The van der Waals surface area contributed by atoms with Gasteiger partial charge in [0.05, 0.1) is 31.9 Å². The highest BCUT2D eigenvalue weighted by Gasteiger charge is 2.26. The van der Waals surface area contributed by atoms with Crippen molar-refractivity contribution in [2.75, 3.05) is 40.0 Å². The van der Waals surface area contributed by atoms with Crippen molar-refractivity contribution in [1.29, 1.82) is 0 Å². The van der Waals surface area contributed by atoms with Crippen LogP contribution in [0.3, 0.4) is 0 Å². The van der Waals surface area contributed by atoms with E-state index in [1.807, 2.05) is 24.3 Å². The summed E-state index contributed by atoms with van der Waals surface area (Å²) in [4.78, 5) is 14.4. The van der Waals surface area contributed by atoms with Gasteiger partial charge in [-0.3, -0.25) is 9.69 Å². The van der Waals surface area contributed by atoms with Crippen LogP contribution in [-0.2, 0) is 9.53 Å². The number of morpholine rings is 1. The van der Waals surface area contributed by atoms with E-state index >= 15 is 0 Å². The Morgan fingerprint density at radius 3 is 2.48 bits per heavy atom. The summed E-state index contributed by atoms with van der Waals surface area (Å²) in [6, 6.07) is 8.06. The Balaban J connectivity index is 2.12. The maximum atomic E-state index is 12.1. The second-order valence-electron chi connectivity index (χ2n) is 6.37. The van der Waals surface area contributed by atoms with Crippen molar-refractivity contribution in [3.8, 4) is 5.75 Å². The summed E-state index contributed by atoms with van der Waals surface area (Å²) in [5.41, 5.74) is 6.12. The topological polar surface area (TPSA) is 76.8 Å². The third-order valence-corrected chi connectivity index (χ3v) is 4.03. The standard InChI is InChI=1S/C17H27N3O3/c1-17(2,18)16(21)19-12-15(20-8-10-23-11-9-20)13-4-6-14(22-3)7-5-13/h4-7,15H,8-12,18H2,1-3H3,(H,19,21). The van der Waals surface area contributed by atoms with Crippen LogP contribution >= 0.6 is 0 Å². The average Bonchev–Trinajstić information content (AvgIpc) is 2.55. The largest absolute Gasteiger partial charge is 0.497 e. The quantitative estimate of drug-likeness (QED) is 0.815. The van der Waals surface area contributed by atoms with Crippen LogP contribution in [0.25, 0.3) is 0 Å². The first-order chi connectivity index (χ1) is 10.9.